The molecule has 2 atom stereocenters. The van der Waals surface area contributed by atoms with Crippen LogP contribution in [0.2, 0.25) is 0 Å². The number of ketones is 1. The van der Waals surface area contributed by atoms with Gasteiger partial charge in [-0.3, -0.25) is 4.79 Å². The summed E-state index contributed by atoms with van der Waals surface area (Å²) in [6, 6.07) is -0.505. The minimum Gasteiger partial charge on any atom is -0.447 e. The Kier molecular flexibility index (Phi) is 2.38. The Balaban J connectivity index is 2.50. The van der Waals surface area contributed by atoms with Crippen molar-refractivity contribution in [1.82, 2.24) is 5.32 Å². The molecule has 1 heterocycles. The molecule has 1 rings (SSSR count). The molecule has 62 valence electrons. The fourth-order valence-electron chi connectivity index (χ4n) is 0.829. The number of hydrogen-bond acceptors (Lipinski definition) is 4. The van der Waals surface area contributed by atoms with Crippen molar-refractivity contribution < 1.29 is 14.3 Å². The third-order valence-corrected chi connectivity index (χ3v) is 1.68. The number of ether oxygens (including phenoxy) is 1. The fourth-order valence-corrected chi connectivity index (χ4v) is 1.01. The summed E-state index contributed by atoms with van der Waals surface area (Å²) >= 11 is 3.94. The highest BCUT2D eigenvalue weighted by Crippen LogP contribution is 2.04. The smallest absolute Gasteiger partial charge is 0.407 e. The summed E-state index contributed by atoms with van der Waals surface area (Å²) in [5, 5.41) is 2.02. The summed E-state index contributed by atoms with van der Waals surface area (Å²) in [6.07, 6.45) is -0.530. The van der Waals surface area contributed by atoms with Crippen LogP contribution < -0.4 is 5.32 Å². The molecule has 4 nitrogen and oxygen atoms in total. The number of hydrogen-bond donors (Lipinski definition) is 2. The molecule has 0 aromatic rings. The molecular weight excluding hydrogens is 166 g/mol. The van der Waals surface area contributed by atoms with Crippen LogP contribution in [0.15, 0.2) is 0 Å². The van der Waals surface area contributed by atoms with E-state index in [1.54, 1.807) is 6.92 Å². The van der Waals surface area contributed by atoms with Gasteiger partial charge in [0.2, 0.25) is 0 Å². The van der Waals surface area contributed by atoms with Crippen LogP contribution in [0.4, 0.5) is 4.79 Å². The Bertz CT molecular complexity index is 192. The first kappa shape index (κ1) is 8.39. The molecule has 0 bridgehead atoms. The number of Topliss-reactive ketones (excluding diaryl/α,β-unsaturated/α-hetero) is 1. The predicted molar refractivity (Wildman–Crippen MR) is 41.7 cm³/mol. The molecule has 0 saturated carbocycles. The van der Waals surface area contributed by atoms with Crippen LogP contribution >= 0.6 is 12.6 Å². The van der Waals surface area contributed by atoms with E-state index in [0.717, 1.165) is 0 Å². The van der Waals surface area contributed by atoms with Gasteiger partial charge in [0.1, 0.15) is 12.6 Å². The number of carbonyl (C=O) groups is 2. The topological polar surface area (TPSA) is 55.4 Å². The van der Waals surface area contributed by atoms with E-state index in [4.69, 9.17) is 0 Å². The molecule has 1 fully saturated rings. The van der Waals surface area contributed by atoms with E-state index < -0.39 is 12.1 Å². The second kappa shape index (κ2) is 3.13. The van der Waals surface area contributed by atoms with Crippen molar-refractivity contribution in [2.24, 2.45) is 0 Å². The van der Waals surface area contributed by atoms with Crippen molar-refractivity contribution in [2.75, 3.05) is 6.61 Å². The van der Waals surface area contributed by atoms with Crippen LogP contribution in [0.1, 0.15) is 6.92 Å². The largest absolute Gasteiger partial charge is 0.447 e. The molecule has 1 N–H and O–H groups in total. The van der Waals surface area contributed by atoms with Crippen molar-refractivity contribution in [2.45, 2.75) is 18.2 Å². The number of thiol groups is 1. The molecule has 0 spiro atoms. The van der Waals surface area contributed by atoms with Gasteiger partial charge < -0.3 is 10.1 Å². The predicted octanol–water partition coefficient (Wildman–Crippen LogP) is -0.0178. The Hall–Kier alpha value is -0.710. The number of carbonyl (C=O) groups excluding carboxylic acids is 2. The van der Waals surface area contributed by atoms with Gasteiger partial charge >= 0.3 is 6.09 Å². The van der Waals surface area contributed by atoms with Crippen LogP contribution in [0.3, 0.4) is 0 Å². The van der Waals surface area contributed by atoms with Gasteiger partial charge in [-0.15, -0.1) is 0 Å². The first-order valence-corrected chi connectivity index (χ1v) is 3.78. The van der Waals surface area contributed by atoms with Crippen molar-refractivity contribution in [3.05, 3.63) is 0 Å². The Morgan fingerprint density at radius 3 is 2.91 bits per heavy atom. The summed E-state index contributed by atoms with van der Waals surface area (Å²) in [6.45, 7) is 1.79. The van der Waals surface area contributed by atoms with E-state index in [9.17, 15) is 9.59 Å². The minimum atomic E-state index is -0.530. The lowest BCUT2D eigenvalue weighted by Gasteiger charge is -2.07. The summed E-state index contributed by atoms with van der Waals surface area (Å²) in [7, 11) is 0. The Labute approximate surface area is 69.7 Å². The average Bonchev–Trinajstić information content (AvgIpc) is 2.34. The maximum Gasteiger partial charge on any atom is 0.407 e. The highest BCUT2D eigenvalue weighted by atomic mass is 32.1. The highest BCUT2D eigenvalue weighted by molar-refractivity contribution is 7.81. The van der Waals surface area contributed by atoms with E-state index >= 15 is 0 Å². The van der Waals surface area contributed by atoms with E-state index in [2.05, 4.69) is 22.7 Å². The van der Waals surface area contributed by atoms with Gasteiger partial charge in [-0.05, 0) is 6.92 Å². The fraction of sp³-hybridized carbons (Fsp3) is 0.667. The molecule has 5 heteroatoms. The maximum absolute atomic E-state index is 11.1. The van der Waals surface area contributed by atoms with E-state index in [1.165, 1.54) is 0 Å². The average molecular weight is 175 g/mol. The first-order chi connectivity index (χ1) is 5.11. The zero-order chi connectivity index (χ0) is 8.43. The van der Waals surface area contributed by atoms with E-state index in [1.807, 2.05) is 0 Å². The summed E-state index contributed by atoms with van der Waals surface area (Å²) in [4.78, 5) is 21.6. The van der Waals surface area contributed by atoms with Crippen molar-refractivity contribution in [1.29, 1.82) is 0 Å². The molecule has 0 radical (unpaired) electrons. The van der Waals surface area contributed by atoms with Crippen LogP contribution in [0.25, 0.3) is 0 Å². The van der Waals surface area contributed by atoms with Crippen LogP contribution in [0, 0.1) is 0 Å². The first-order valence-electron chi connectivity index (χ1n) is 3.26. The zero-order valence-corrected chi connectivity index (χ0v) is 6.93. The molecule has 1 amide bonds. The van der Waals surface area contributed by atoms with E-state index in [0.29, 0.717) is 0 Å². The normalized spacial score (nSPS) is 25.6. The highest BCUT2D eigenvalue weighted by Gasteiger charge is 2.30. The van der Waals surface area contributed by atoms with Crippen molar-refractivity contribution in [3.8, 4) is 0 Å². The molecular formula is C6H9NO3S. The zero-order valence-electron chi connectivity index (χ0n) is 6.03. The molecule has 0 aromatic heterocycles. The third kappa shape index (κ3) is 1.86. The number of nitrogens with one attached hydrogen (secondary N) is 1. The van der Waals surface area contributed by atoms with E-state index in [-0.39, 0.29) is 17.6 Å². The summed E-state index contributed by atoms with van der Waals surface area (Å²) in [5.74, 6) is -0.112. The van der Waals surface area contributed by atoms with Gasteiger partial charge in [0.05, 0.1) is 5.25 Å². The molecule has 0 aliphatic carbocycles. The Morgan fingerprint density at radius 2 is 2.55 bits per heavy atom. The van der Waals surface area contributed by atoms with Crippen LogP contribution in [-0.2, 0) is 9.53 Å². The number of rotatable bonds is 2. The third-order valence-electron chi connectivity index (χ3n) is 1.43. The molecule has 1 unspecified atom stereocenters. The van der Waals surface area contributed by atoms with Gasteiger partial charge in [0.25, 0.3) is 0 Å². The molecule has 1 saturated heterocycles. The molecule has 0 aromatic carbocycles. The second-order valence-electron chi connectivity index (χ2n) is 2.37. The summed E-state index contributed by atoms with van der Waals surface area (Å²) in [5.41, 5.74) is 0. The van der Waals surface area contributed by atoms with Gasteiger partial charge in [-0.25, -0.2) is 4.79 Å². The monoisotopic (exact) mass is 175 g/mol. The van der Waals surface area contributed by atoms with Gasteiger partial charge in [-0.1, -0.05) is 0 Å². The number of amides is 1. The lowest BCUT2D eigenvalue weighted by atomic mass is 10.1. The lowest BCUT2D eigenvalue weighted by Crippen LogP contribution is -2.38. The van der Waals surface area contributed by atoms with Crippen LogP contribution in [0.5, 0.6) is 0 Å². The van der Waals surface area contributed by atoms with Gasteiger partial charge in [0.15, 0.2) is 5.78 Å². The molecule has 1 aliphatic heterocycles. The molecule has 11 heavy (non-hydrogen) atoms. The second-order valence-corrected chi connectivity index (χ2v) is 3.15. The van der Waals surface area contributed by atoms with Gasteiger partial charge in [0, 0.05) is 0 Å². The van der Waals surface area contributed by atoms with Crippen molar-refractivity contribution >= 4 is 24.5 Å². The minimum absolute atomic E-state index is 0.112. The number of alkyl carbamates (subject to hydrolysis) is 1. The Morgan fingerprint density at radius 1 is 1.91 bits per heavy atom. The SMILES string of the molecule is CC(S)C(=O)[C@H]1COC(=O)N1. The standard InChI is InChI=1S/C6H9NO3S/c1-3(11)5(8)4-2-10-6(9)7-4/h3-4,11H,2H2,1H3,(H,7,9)/t3?,4-/m1/s1. The van der Waals surface area contributed by atoms with Gasteiger partial charge in [-0.2, -0.15) is 12.6 Å². The number of cyclic esters (lactones) is 1. The lowest BCUT2D eigenvalue weighted by molar-refractivity contribution is -0.119. The summed E-state index contributed by atoms with van der Waals surface area (Å²) < 4.78 is 4.53. The molecule has 1 aliphatic rings. The maximum atomic E-state index is 11.1. The van der Waals surface area contributed by atoms with Crippen molar-refractivity contribution in [3.63, 3.8) is 0 Å². The quantitative estimate of drug-likeness (QED) is 0.580. The van der Waals surface area contributed by atoms with Crippen LogP contribution in [-0.4, -0.2) is 29.8 Å².